The zero-order valence-electron chi connectivity index (χ0n) is 9.53. The van der Waals surface area contributed by atoms with Gasteiger partial charge in [0.05, 0.1) is 12.1 Å². The quantitative estimate of drug-likeness (QED) is 0.726. The van der Waals surface area contributed by atoms with Crippen LogP contribution in [0.4, 0.5) is 0 Å². The van der Waals surface area contributed by atoms with E-state index in [9.17, 15) is 9.59 Å². The Morgan fingerprint density at radius 1 is 1.50 bits per heavy atom. The van der Waals surface area contributed by atoms with Crippen molar-refractivity contribution in [3.05, 3.63) is 27.6 Å². The van der Waals surface area contributed by atoms with E-state index in [2.05, 4.69) is 20.6 Å². The summed E-state index contributed by atoms with van der Waals surface area (Å²) in [4.78, 5) is 29.9. The molecule has 1 fully saturated rings. The van der Waals surface area contributed by atoms with Crippen LogP contribution in [0, 0.1) is 0 Å². The molecule has 2 aromatic heterocycles. The largest absolute Gasteiger partial charge is 0.354 e. The maximum atomic E-state index is 11.7. The lowest BCUT2D eigenvalue weighted by Crippen LogP contribution is -2.31. The summed E-state index contributed by atoms with van der Waals surface area (Å²) >= 11 is 1.39. The Kier molecular flexibility index (Phi) is 2.85. The average Bonchev–Trinajstić information content (AvgIpc) is 2.95. The molecule has 3 heterocycles. The average molecular weight is 264 g/mol. The number of nitrogens with zero attached hydrogens (tertiary/aromatic N) is 1. The minimum Gasteiger partial charge on any atom is -0.354 e. The first-order valence-electron chi connectivity index (χ1n) is 5.69. The number of hydrogen-bond donors (Lipinski definition) is 3. The number of nitrogens with one attached hydrogen (secondary N) is 3. The van der Waals surface area contributed by atoms with Crippen LogP contribution in [0.2, 0.25) is 0 Å². The van der Waals surface area contributed by atoms with E-state index in [1.165, 1.54) is 11.3 Å². The monoisotopic (exact) mass is 264 g/mol. The molecule has 1 amide bonds. The Bertz CT molecular complexity index is 648. The van der Waals surface area contributed by atoms with Crippen LogP contribution in [0.3, 0.4) is 0 Å². The van der Waals surface area contributed by atoms with Crippen molar-refractivity contribution in [2.45, 2.75) is 19.0 Å². The molecule has 94 valence electrons. The summed E-state index contributed by atoms with van der Waals surface area (Å²) in [6.07, 6.45) is 0.477. The van der Waals surface area contributed by atoms with Crippen LogP contribution in [0.15, 0.2) is 16.2 Å². The SMILES string of the molecule is O=C1CC(NCc2nc3ccsc3c(=O)[nH]2)CN1. The lowest BCUT2D eigenvalue weighted by molar-refractivity contribution is -0.119. The van der Waals surface area contributed by atoms with Gasteiger partial charge in [-0.2, -0.15) is 0 Å². The van der Waals surface area contributed by atoms with E-state index in [4.69, 9.17) is 0 Å². The molecule has 0 aromatic carbocycles. The molecule has 0 radical (unpaired) electrons. The highest BCUT2D eigenvalue weighted by molar-refractivity contribution is 7.17. The topological polar surface area (TPSA) is 86.9 Å². The molecule has 6 nitrogen and oxygen atoms in total. The van der Waals surface area contributed by atoms with E-state index in [-0.39, 0.29) is 17.5 Å². The number of amides is 1. The minimum atomic E-state index is -0.104. The second kappa shape index (κ2) is 4.51. The smallest absolute Gasteiger partial charge is 0.268 e. The fourth-order valence-electron chi connectivity index (χ4n) is 2.00. The third kappa shape index (κ3) is 2.14. The molecule has 0 spiro atoms. The Morgan fingerprint density at radius 2 is 2.39 bits per heavy atom. The van der Waals surface area contributed by atoms with E-state index in [1.54, 1.807) is 0 Å². The molecule has 7 heteroatoms. The number of rotatable bonds is 3. The molecule has 0 bridgehead atoms. The third-order valence-corrected chi connectivity index (χ3v) is 3.80. The van der Waals surface area contributed by atoms with E-state index < -0.39 is 0 Å². The van der Waals surface area contributed by atoms with Gasteiger partial charge in [0.1, 0.15) is 10.5 Å². The van der Waals surface area contributed by atoms with Gasteiger partial charge in [0.2, 0.25) is 5.91 Å². The fourth-order valence-corrected chi connectivity index (χ4v) is 2.72. The molecular formula is C11H12N4O2S. The number of aromatic nitrogens is 2. The Hall–Kier alpha value is -1.73. The van der Waals surface area contributed by atoms with Crippen LogP contribution in [0.25, 0.3) is 10.2 Å². The van der Waals surface area contributed by atoms with Crippen molar-refractivity contribution in [3.63, 3.8) is 0 Å². The second-order valence-corrected chi connectivity index (χ2v) is 5.15. The van der Waals surface area contributed by atoms with Crippen molar-refractivity contribution in [1.82, 2.24) is 20.6 Å². The molecule has 18 heavy (non-hydrogen) atoms. The predicted molar refractivity (Wildman–Crippen MR) is 68.5 cm³/mol. The number of carbonyl (C=O) groups excluding carboxylic acids is 1. The minimum absolute atomic E-state index is 0.0576. The van der Waals surface area contributed by atoms with Crippen LogP contribution >= 0.6 is 11.3 Å². The summed E-state index contributed by atoms with van der Waals surface area (Å²) in [5.41, 5.74) is 0.619. The van der Waals surface area contributed by atoms with Crippen molar-refractivity contribution >= 4 is 27.5 Å². The lowest BCUT2D eigenvalue weighted by atomic mass is 10.2. The first kappa shape index (κ1) is 11.4. The normalized spacial score (nSPS) is 19.3. The van der Waals surface area contributed by atoms with Gasteiger partial charge in [0.25, 0.3) is 5.56 Å². The summed E-state index contributed by atoms with van der Waals surface area (Å²) in [6, 6.07) is 1.94. The van der Waals surface area contributed by atoms with Gasteiger partial charge >= 0.3 is 0 Å². The molecule has 1 aliphatic rings. The highest BCUT2D eigenvalue weighted by Gasteiger charge is 2.20. The van der Waals surface area contributed by atoms with Crippen molar-refractivity contribution in [2.75, 3.05) is 6.54 Å². The molecule has 1 atom stereocenters. The zero-order valence-corrected chi connectivity index (χ0v) is 10.3. The molecule has 2 aromatic rings. The second-order valence-electron chi connectivity index (χ2n) is 4.23. The van der Waals surface area contributed by atoms with Gasteiger partial charge in [-0.05, 0) is 11.4 Å². The third-order valence-electron chi connectivity index (χ3n) is 2.90. The van der Waals surface area contributed by atoms with E-state index in [0.29, 0.717) is 30.0 Å². The van der Waals surface area contributed by atoms with Crippen LogP contribution in [-0.2, 0) is 11.3 Å². The zero-order chi connectivity index (χ0) is 12.5. The van der Waals surface area contributed by atoms with Gasteiger partial charge in [0.15, 0.2) is 0 Å². The molecule has 1 saturated heterocycles. The lowest BCUT2D eigenvalue weighted by Gasteiger charge is -2.09. The van der Waals surface area contributed by atoms with Crippen LogP contribution in [-0.4, -0.2) is 28.5 Å². The number of fused-ring (bicyclic) bond motifs is 1. The maximum absolute atomic E-state index is 11.7. The van der Waals surface area contributed by atoms with Gasteiger partial charge < -0.3 is 15.6 Å². The molecule has 0 saturated carbocycles. The predicted octanol–water partition coefficient (Wildman–Crippen LogP) is -0.0373. The molecule has 3 rings (SSSR count). The highest BCUT2D eigenvalue weighted by Crippen LogP contribution is 2.13. The van der Waals surface area contributed by atoms with Gasteiger partial charge in [-0.15, -0.1) is 11.3 Å². The van der Waals surface area contributed by atoms with Crippen LogP contribution in [0.1, 0.15) is 12.2 Å². The van der Waals surface area contributed by atoms with E-state index in [0.717, 1.165) is 5.52 Å². The summed E-state index contributed by atoms with van der Waals surface area (Å²) in [5.74, 6) is 0.660. The molecular weight excluding hydrogens is 252 g/mol. The van der Waals surface area contributed by atoms with Gasteiger partial charge in [-0.3, -0.25) is 9.59 Å². The van der Waals surface area contributed by atoms with Crippen molar-refractivity contribution < 1.29 is 4.79 Å². The number of hydrogen-bond acceptors (Lipinski definition) is 5. The number of aromatic amines is 1. The van der Waals surface area contributed by atoms with Gasteiger partial charge in [-0.25, -0.2) is 4.98 Å². The Labute approximate surface area is 106 Å². The fraction of sp³-hybridized carbons (Fsp3) is 0.364. The van der Waals surface area contributed by atoms with Crippen molar-refractivity contribution in [3.8, 4) is 0 Å². The number of thiophene rings is 1. The summed E-state index contributed by atoms with van der Waals surface area (Å²) < 4.78 is 0.650. The van der Waals surface area contributed by atoms with E-state index >= 15 is 0 Å². The summed E-state index contributed by atoms with van der Waals surface area (Å²) in [5, 5.41) is 7.80. The summed E-state index contributed by atoms with van der Waals surface area (Å²) in [6.45, 7) is 1.09. The molecule has 3 N–H and O–H groups in total. The number of carbonyl (C=O) groups is 1. The Morgan fingerprint density at radius 3 is 3.17 bits per heavy atom. The summed E-state index contributed by atoms with van der Waals surface area (Å²) in [7, 11) is 0. The first-order valence-corrected chi connectivity index (χ1v) is 6.57. The Balaban J connectivity index is 1.74. The molecule has 1 aliphatic heterocycles. The number of H-pyrrole nitrogens is 1. The standard InChI is InChI=1S/C11H12N4O2S/c16-9-3-6(4-13-9)12-5-8-14-7-1-2-18-10(7)11(17)15-8/h1-2,6,12H,3-5H2,(H,13,16)(H,14,15,17). The van der Waals surface area contributed by atoms with Crippen molar-refractivity contribution in [1.29, 1.82) is 0 Å². The van der Waals surface area contributed by atoms with Crippen LogP contribution in [0.5, 0.6) is 0 Å². The molecule has 0 aliphatic carbocycles. The first-order chi connectivity index (χ1) is 8.72. The van der Waals surface area contributed by atoms with Crippen LogP contribution < -0.4 is 16.2 Å². The highest BCUT2D eigenvalue weighted by atomic mass is 32.1. The maximum Gasteiger partial charge on any atom is 0.268 e. The van der Waals surface area contributed by atoms with E-state index in [1.807, 2.05) is 11.4 Å². The molecule has 1 unspecified atom stereocenters. The van der Waals surface area contributed by atoms with Crippen molar-refractivity contribution in [2.24, 2.45) is 0 Å². The van der Waals surface area contributed by atoms with Gasteiger partial charge in [0, 0.05) is 19.0 Å². The van der Waals surface area contributed by atoms with Gasteiger partial charge in [-0.1, -0.05) is 0 Å².